The van der Waals surface area contributed by atoms with Crippen molar-refractivity contribution in [3.63, 3.8) is 0 Å². The van der Waals surface area contributed by atoms with E-state index in [1.54, 1.807) is 31.2 Å². The number of amides is 1. The van der Waals surface area contributed by atoms with E-state index in [1.807, 2.05) is 0 Å². The molecule has 2 rings (SSSR count). The van der Waals surface area contributed by atoms with Gasteiger partial charge in [0, 0.05) is 18.2 Å². The Morgan fingerprint density at radius 2 is 2.04 bits per heavy atom. The molecule has 0 spiro atoms. The lowest BCUT2D eigenvalue weighted by molar-refractivity contribution is -0.119. The monoisotopic (exact) mass is 320 g/mol. The Morgan fingerprint density at radius 3 is 2.70 bits per heavy atom. The molecule has 23 heavy (non-hydrogen) atoms. The lowest BCUT2D eigenvalue weighted by atomic mass is 10.2. The van der Waals surface area contributed by atoms with Crippen molar-refractivity contribution in [2.45, 2.75) is 26.1 Å². The van der Waals surface area contributed by atoms with Crippen LogP contribution in [0.1, 0.15) is 18.1 Å². The van der Waals surface area contributed by atoms with Crippen LogP contribution in [0.25, 0.3) is 0 Å². The zero-order chi connectivity index (χ0) is 16.8. The number of carbonyl (C=O) groups excluding carboxylic acids is 1. The zero-order valence-electron chi connectivity index (χ0n) is 12.7. The molecule has 6 heteroatoms. The second-order valence-electron chi connectivity index (χ2n) is 5.18. The van der Waals surface area contributed by atoms with Gasteiger partial charge in [-0.1, -0.05) is 18.2 Å². The molecule has 0 radical (unpaired) electrons. The third kappa shape index (κ3) is 5.03. The van der Waals surface area contributed by atoms with Crippen LogP contribution >= 0.6 is 0 Å². The second kappa shape index (κ2) is 7.69. The molecule has 3 N–H and O–H groups in total. The normalized spacial score (nSPS) is 12.0. The number of nitrogens with two attached hydrogens (primary N) is 1. The van der Waals surface area contributed by atoms with Crippen molar-refractivity contribution in [3.8, 4) is 5.75 Å². The molecule has 2 aromatic rings. The number of benzene rings is 2. The first kappa shape index (κ1) is 16.9. The molecule has 1 atom stereocenters. The van der Waals surface area contributed by atoms with E-state index in [4.69, 9.17) is 10.5 Å². The van der Waals surface area contributed by atoms with Crippen LogP contribution in [0.2, 0.25) is 0 Å². The Labute approximate surface area is 133 Å². The summed E-state index contributed by atoms with van der Waals surface area (Å²) in [5, 5.41) is 2.83. The van der Waals surface area contributed by atoms with Crippen molar-refractivity contribution < 1.29 is 18.3 Å². The topological polar surface area (TPSA) is 64.3 Å². The maximum Gasteiger partial charge on any atom is 0.234 e. The quantitative estimate of drug-likeness (QED) is 0.824. The fourth-order valence-corrected chi connectivity index (χ4v) is 1.92. The maximum atomic E-state index is 14.0. The van der Waals surface area contributed by atoms with E-state index >= 15 is 0 Å². The molecule has 2 aromatic carbocycles. The fraction of sp³-hybridized carbons (Fsp3) is 0.235. The Kier molecular flexibility index (Phi) is 5.65. The summed E-state index contributed by atoms with van der Waals surface area (Å²) >= 11 is 0. The molecular weight excluding hydrogens is 302 g/mol. The summed E-state index contributed by atoms with van der Waals surface area (Å²) in [5.74, 6) is -0.952. The average Bonchev–Trinajstić information content (AvgIpc) is 2.51. The molecular formula is C17H18F2N2O2. The van der Waals surface area contributed by atoms with Crippen molar-refractivity contribution in [1.82, 2.24) is 5.32 Å². The highest BCUT2D eigenvalue weighted by Gasteiger charge is 2.10. The van der Waals surface area contributed by atoms with Gasteiger partial charge in [0.2, 0.25) is 5.91 Å². The summed E-state index contributed by atoms with van der Waals surface area (Å²) in [7, 11) is 0. The van der Waals surface area contributed by atoms with E-state index in [2.05, 4.69) is 5.32 Å². The van der Waals surface area contributed by atoms with Crippen LogP contribution in [0.5, 0.6) is 5.75 Å². The first-order valence-electron chi connectivity index (χ1n) is 7.14. The maximum absolute atomic E-state index is 14.0. The summed E-state index contributed by atoms with van der Waals surface area (Å²) in [4.78, 5) is 10.9. The van der Waals surface area contributed by atoms with Gasteiger partial charge in [-0.2, -0.15) is 0 Å². The third-order valence-corrected chi connectivity index (χ3v) is 3.34. The molecule has 0 aromatic heterocycles. The predicted molar refractivity (Wildman–Crippen MR) is 82.6 cm³/mol. The van der Waals surface area contributed by atoms with Crippen molar-refractivity contribution >= 4 is 5.91 Å². The Hall–Kier alpha value is -2.47. The standard InChI is InChI=1S/C17H18F2N2O2/c1-11(17(20)22)21-9-13-5-6-15(8-16(13)19)23-10-12-3-2-4-14(18)7-12/h2-8,11,21H,9-10H2,1H3,(H2,20,22)/t11-/m0/s1. The van der Waals surface area contributed by atoms with Crippen LogP contribution in [-0.2, 0) is 17.9 Å². The molecule has 1 amide bonds. The highest BCUT2D eigenvalue weighted by Crippen LogP contribution is 2.18. The summed E-state index contributed by atoms with van der Waals surface area (Å²) in [6, 6.07) is 9.92. The van der Waals surface area contributed by atoms with Crippen LogP contribution < -0.4 is 15.8 Å². The summed E-state index contributed by atoms with van der Waals surface area (Å²) in [5.41, 5.74) is 6.18. The zero-order valence-corrected chi connectivity index (χ0v) is 12.7. The molecule has 0 fully saturated rings. The number of carbonyl (C=O) groups is 1. The Morgan fingerprint density at radius 1 is 1.26 bits per heavy atom. The first-order chi connectivity index (χ1) is 11.0. The molecule has 0 saturated carbocycles. The van der Waals surface area contributed by atoms with E-state index < -0.39 is 17.8 Å². The molecule has 0 heterocycles. The van der Waals surface area contributed by atoms with Crippen LogP contribution in [-0.4, -0.2) is 11.9 Å². The minimum absolute atomic E-state index is 0.146. The number of hydrogen-bond donors (Lipinski definition) is 2. The number of nitrogens with one attached hydrogen (secondary N) is 1. The van der Waals surface area contributed by atoms with Crippen molar-refractivity contribution in [2.75, 3.05) is 0 Å². The van der Waals surface area contributed by atoms with Gasteiger partial charge in [0.15, 0.2) is 0 Å². The SMILES string of the molecule is C[C@H](NCc1ccc(OCc2cccc(F)c2)cc1F)C(N)=O. The number of hydrogen-bond acceptors (Lipinski definition) is 3. The molecule has 0 aliphatic heterocycles. The van der Waals surface area contributed by atoms with Crippen LogP contribution in [0.3, 0.4) is 0 Å². The fourth-order valence-electron chi connectivity index (χ4n) is 1.92. The lowest BCUT2D eigenvalue weighted by Gasteiger charge is -2.12. The second-order valence-corrected chi connectivity index (χ2v) is 5.18. The van der Waals surface area contributed by atoms with Gasteiger partial charge in [-0.15, -0.1) is 0 Å². The lowest BCUT2D eigenvalue weighted by Crippen LogP contribution is -2.38. The van der Waals surface area contributed by atoms with Gasteiger partial charge in [0.1, 0.15) is 24.0 Å². The summed E-state index contributed by atoms with van der Waals surface area (Å²) < 4.78 is 32.5. The number of rotatable bonds is 7. The smallest absolute Gasteiger partial charge is 0.234 e. The van der Waals surface area contributed by atoms with Crippen LogP contribution in [0.4, 0.5) is 8.78 Å². The van der Waals surface area contributed by atoms with Crippen molar-refractivity contribution in [2.24, 2.45) is 5.73 Å². The summed E-state index contributed by atoms with van der Waals surface area (Å²) in [6.07, 6.45) is 0. The minimum Gasteiger partial charge on any atom is -0.489 e. The van der Waals surface area contributed by atoms with Crippen molar-refractivity contribution in [1.29, 1.82) is 0 Å². The predicted octanol–water partition coefficient (Wildman–Crippen LogP) is 2.51. The largest absolute Gasteiger partial charge is 0.489 e. The molecule has 0 bridgehead atoms. The van der Waals surface area contributed by atoms with Gasteiger partial charge in [-0.25, -0.2) is 8.78 Å². The molecule has 0 aliphatic carbocycles. The van der Waals surface area contributed by atoms with E-state index in [0.717, 1.165) is 0 Å². The molecule has 0 unspecified atom stereocenters. The van der Waals surface area contributed by atoms with Crippen LogP contribution in [0, 0.1) is 11.6 Å². The van der Waals surface area contributed by atoms with Crippen molar-refractivity contribution in [3.05, 3.63) is 65.2 Å². The summed E-state index contributed by atoms with van der Waals surface area (Å²) in [6.45, 7) is 1.93. The van der Waals surface area contributed by atoms with E-state index in [0.29, 0.717) is 16.9 Å². The van der Waals surface area contributed by atoms with Crippen LogP contribution in [0.15, 0.2) is 42.5 Å². The van der Waals surface area contributed by atoms with Gasteiger partial charge in [-0.05, 0) is 30.7 Å². The number of ether oxygens (including phenoxy) is 1. The minimum atomic E-state index is -0.543. The van der Waals surface area contributed by atoms with Gasteiger partial charge in [0.05, 0.1) is 6.04 Å². The molecule has 0 aliphatic rings. The van der Waals surface area contributed by atoms with Gasteiger partial charge in [0.25, 0.3) is 0 Å². The molecule has 0 saturated heterocycles. The van der Waals surface area contributed by atoms with Gasteiger partial charge >= 0.3 is 0 Å². The number of halogens is 2. The van der Waals surface area contributed by atoms with Gasteiger partial charge < -0.3 is 15.8 Å². The number of primary amides is 1. The third-order valence-electron chi connectivity index (χ3n) is 3.34. The van der Waals surface area contributed by atoms with E-state index in [-0.39, 0.29) is 19.0 Å². The van der Waals surface area contributed by atoms with E-state index in [1.165, 1.54) is 18.2 Å². The van der Waals surface area contributed by atoms with E-state index in [9.17, 15) is 13.6 Å². The average molecular weight is 320 g/mol. The molecule has 4 nitrogen and oxygen atoms in total. The highest BCUT2D eigenvalue weighted by molar-refractivity contribution is 5.79. The van der Waals surface area contributed by atoms with Gasteiger partial charge in [-0.3, -0.25) is 4.79 Å². The first-order valence-corrected chi connectivity index (χ1v) is 7.14. The Bertz CT molecular complexity index is 692. The highest BCUT2D eigenvalue weighted by atomic mass is 19.1. The molecule has 122 valence electrons. The Balaban J connectivity index is 1.94.